The largest absolute Gasteiger partial charge is 0.268 e. The third kappa shape index (κ3) is 3.63. The fraction of sp³-hybridized carbons (Fsp3) is 0.100. The van der Waals surface area contributed by atoms with Crippen LogP contribution in [0.15, 0.2) is 104 Å². The van der Waals surface area contributed by atoms with Crippen molar-refractivity contribution in [3.63, 3.8) is 0 Å². The average molecular weight is 751 g/mol. The molecule has 0 aliphatic carbocycles. The fourth-order valence-corrected chi connectivity index (χ4v) is 10.3. The van der Waals surface area contributed by atoms with Gasteiger partial charge < -0.3 is 0 Å². The molecule has 0 amide bonds. The standard InChI is InChI=1S/C40H26N6O6S2/c1-43(2)53(49,50)19-5-15-31-29(17-19)41-37-25-11-7-21-24-10-14-28-36-26(12-8-22(34(24)36)23-9-13-27(35(25)33(21)23)39(47)45(31)37)38-42-30-18-20(54(51,52)44(3)4)6-16-32(30)46(38)40(28)48/h5-18H,1-4H3. The molecule has 7 aromatic carbocycles. The smallest absolute Gasteiger partial charge is 0.264 e. The Balaban J connectivity index is 1.24. The number of benzene rings is 7. The molecule has 11 rings (SSSR count). The Bertz CT molecular complexity index is 3600. The maximum atomic E-state index is 14.3. The second-order valence-corrected chi connectivity index (χ2v) is 18.5. The summed E-state index contributed by atoms with van der Waals surface area (Å²) >= 11 is 0. The molecule has 0 saturated heterocycles. The molecule has 54 heavy (non-hydrogen) atoms. The molecule has 0 saturated carbocycles. The van der Waals surface area contributed by atoms with Crippen molar-refractivity contribution >= 4 is 118 Å². The van der Waals surface area contributed by atoms with Crippen LogP contribution in [-0.4, -0.2) is 72.4 Å². The van der Waals surface area contributed by atoms with Gasteiger partial charge in [0, 0.05) is 60.5 Å². The fourth-order valence-electron chi connectivity index (χ4n) is 8.49. The van der Waals surface area contributed by atoms with Crippen LogP contribution in [0.3, 0.4) is 0 Å². The van der Waals surface area contributed by atoms with Crippen molar-refractivity contribution < 1.29 is 16.8 Å². The van der Waals surface area contributed by atoms with E-state index in [1.165, 1.54) is 52.5 Å². The zero-order chi connectivity index (χ0) is 37.3. The van der Waals surface area contributed by atoms with E-state index in [1.807, 2.05) is 48.5 Å². The first kappa shape index (κ1) is 31.5. The first-order chi connectivity index (χ1) is 25.8. The third-order valence-corrected chi connectivity index (χ3v) is 14.7. The summed E-state index contributed by atoms with van der Waals surface area (Å²) < 4.78 is 57.1. The molecule has 11 aromatic rings. The van der Waals surface area contributed by atoms with E-state index in [0.717, 1.165) is 62.5 Å². The van der Waals surface area contributed by atoms with Gasteiger partial charge >= 0.3 is 0 Å². The number of nitrogens with zero attached hydrogens (tertiary/aromatic N) is 6. The lowest BCUT2D eigenvalue weighted by Gasteiger charge is -2.18. The first-order valence-corrected chi connectivity index (χ1v) is 19.9. The van der Waals surface area contributed by atoms with Crippen LogP contribution < -0.4 is 11.1 Å². The highest BCUT2D eigenvalue weighted by molar-refractivity contribution is 7.89. The third-order valence-electron chi connectivity index (χ3n) is 11.1. The SMILES string of the molecule is CN(C)S(=O)(=O)c1ccc2c(c1)nc1c3ccc4c5ccc6c(=O)n7c8ccc(S(=O)(=O)N(C)C)cc8nc7c7ccc(c8ccc(c(=O)n21)c3c84)c5c67. The van der Waals surface area contributed by atoms with Crippen LogP contribution in [0.2, 0.25) is 0 Å². The van der Waals surface area contributed by atoms with Gasteiger partial charge in [0.1, 0.15) is 11.3 Å². The van der Waals surface area contributed by atoms with Gasteiger partial charge in [0.25, 0.3) is 11.1 Å². The van der Waals surface area contributed by atoms with Crippen molar-refractivity contribution in [2.45, 2.75) is 9.79 Å². The molecule has 4 aromatic heterocycles. The van der Waals surface area contributed by atoms with Gasteiger partial charge in [-0.1, -0.05) is 24.3 Å². The summed E-state index contributed by atoms with van der Waals surface area (Å²) in [6.07, 6.45) is 0. The number of fused-ring (bicyclic) bond motifs is 10. The van der Waals surface area contributed by atoms with E-state index in [0.29, 0.717) is 44.1 Å². The van der Waals surface area contributed by atoms with Gasteiger partial charge in [-0.05, 0) is 93.0 Å². The molecule has 0 bridgehead atoms. The summed E-state index contributed by atoms with van der Waals surface area (Å²) in [6, 6.07) is 24.8. The predicted molar refractivity (Wildman–Crippen MR) is 212 cm³/mol. The zero-order valence-electron chi connectivity index (χ0n) is 29.0. The minimum atomic E-state index is -3.72. The number of rotatable bonds is 4. The van der Waals surface area contributed by atoms with E-state index in [4.69, 9.17) is 9.97 Å². The summed E-state index contributed by atoms with van der Waals surface area (Å²) in [6.45, 7) is 0. The number of sulfonamides is 2. The lowest BCUT2D eigenvalue weighted by atomic mass is 9.86. The molecule has 0 aliphatic heterocycles. The summed E-state index contributed by atoms with van der Waals surface area (Å²) in [5.41, 5.74) is 2.19. The molecule has 14 heteroatoms. The Kier molecular flexibility index (Phi) is 5.78. The van der Waals surface area contributed by atoms with Gasteiger partial charge in [-0.15, -0.1) is 0 Å². The molecule has 12 nitrogen and oxygen atoms in total. The number of pyridine rings is 2. The normalized spacial score (nSPS) is 13.6. The molecule has 4 heterocycles. The Hall–Kier alpha value is -6.06. The first-order valence-electron chi connectivity index (χ1n) is 17.0. The number of hydrogen-bond acceptors (Lipinski definition) is 8. The maximum Gasteiger partial charge on any atom is 0.264 e. The highest BCUT2D eigenvalue weighted by atomic mass is 32.2. The van der Waals surface area contributed by atoms with E-state index in [9.17, 15) is 26.4 Å². The highest BCUT2D eigenvalue weighted by Gasteiger charge is 2.26. The number of imidazole rings is 2. The van der Waals surface area contributed by atoms with E-state index >= 15 is 0 Å². The van der Waals surface area contributed by atoms with Crippen LogP contribution in [0, 0.1) is 0 Å². The topological polar surface area (TPSA) is 143 Å². The van der Waals surface area contributed by atoms with Crippen molar-refractivity contribution in [1.82, 2.24) is 27.4 Å². The minimum Gasteiger partial charge on any atom is -0.268 e. The lowest BCUT2D eigenvalue weighted by molar-refractivity contribution is 0.520. The Morgan fingerprint density at radius 2 is 0.759 bits per heavy atom. The van der Waals surface area contributed by atoms with E-state index in [1.54, 1.807) is 20.9 Å². The lowest BCUT2D eigenvalue weighted by Crippen LogP contribution is -2.22. The van der Waals surface area contributed by atoms with E-state index in [-0.39, 0.29) is 20.9 Å². The molecule has 0 aliphatic rings. The monoisotopic (exact) mass is 750 g/mol. The molecule has 0 spiro atoms. The van der Waals surface area contributed by atoms with Crippen LogP contribution in [0.4, 0.5) is 0 Å². The van der Waals surface area contributed by atoms with E-state index in [2.05, 4.69) is 0 Å². The molecule has 0 N–H and O–H groups in total. The minimum absolute atomic E-state index is 0.0882. The molecule has 0 atom stereocenters. The second kappa shape index (κ2) is 9.92. The predicted octanol–water partition coefficient (Wildman–Crippen LogP) is 5.74. The van der Waals surface area contributed by atoms with Gasteiger partial charge in [0.05, 0.1) is 31.9 Å². The molecular weight excluding hydrogens is 725 g/mol. The number of aromatic nitrogens is 4. The zero-order valence-corrected chi connectivity index (χ0v) is 30.7. The summed E-state index contributed by atoms with van der Waals surface area (Å²) in [5, 5.41) is 9.48. The highest BCUT2D eigenvalue weighted by Crippen LogP contribution is 2.46. The number of hydrogen-bond donors (Lipinski definition) is 0. The Labute approximate surface area is 304 Å². The van der Waals surface area contributed by atoms with Gasteiger partial charge in [-0.2, -0.15) is 0 Å². The van der Waals surface area contributed by atoms with Crippen LogP contribution >= 0.6 is 0 Å². The maximum absolute atomic E-state index is 14.3. The van der Waals surface area contributed by atoms with Crippen LogP contribution in [0.25, 0.3) is 98.0 Å². The van der Waals surface area contributed by atoms with Crippen molar-refractivity contribution in [3.8, 4) is 0 Å². The Morgan fingerprint density at radius 1 is 0.444 bits per heavy atom. The molecule has 0 radical (unpaired) electrons. The van der Waals surface area contributed by atoms with E-state index < -0.39 is 20.0 Å². The second-order valence-electron chi connectivity index (χ2n) is 14.2. The summed E-state index contributed by atoms with van der Waals surface area (Å²) in [7, 11) is -1.57. The molecule has 264 valence electrons. The van der Waals surface area contributed by atoms with Gasteiger partial charge in [-0.25, -0.2) is 35.4 Å². The van der Waals surface area contributed by atoms with Crippen molar-refractivity contribution in [2.75, 3.05) is 28.2 Å². The van der Waals surface area contributed by atoms with Crippen molar-refractivity contribution in [2.24, 2.45) is 0 Å². The Morgan fingerprint density at radius 3 is 1.11 bits per heavy atom. The van der Waals surface area contributed by atoms with Gasteiger partial charge in [0.2, 0.25) is 20.0 Å². The average Bonchev–Trinajstić information content (AvgIpc) is 3.74. The molecule has 0 fully saturated rings. The van der Waals surface area contributed by atoms with Crippen LogP contribution in [-0.2, 0) is 20.0 Å². The van der Waals surface area contributed by atoms with Crippen molar-refractivity contribution in [3.05, 3.63) is 106 Å². The molecule has 0 unspecified atom stereocenters. The molecular formula is C40H26N6O6S2. The van der Waals surface area contributed by atoms with Gasteiger partial charge in [-0.3, -0.25) is 18.4 Å². The van der Waals surface area contributed by atoms with Gasteiger partial charge in [0.15, 0.2) is 0 Å². The summed E-state index contributed by atoms with van der Waals surface area (Å²) in [5.74, 6) is 0. The van der Waals surface area contributed by atoms with Crippen molar-refractivity contribution in [1.29, 1.82) is 0 Å². The quantitative estimate of drug-likeness (QED) is 0.164. The summed E-state index contributed by atoms with van der Waals surface area (Å²) in [4.78, 5) is 38.5. The van der Waals surface area contributed by atoms with Crippen LogP contribution in [0.5, 0.6) is 0 Å². The van der Waals surface area contributed by atoms with Crippen LogP contribution in [0.1, 0.15) is 0 Å².